The summed E-state index contributed by atoms with van der Waals surface area (Å²) < 4.78 is 5.18. The summed E-state index contributed by atoms with van der Waals surface area (Å²) in [6, 6.07) is 12.5. The van der Waals surface area contributed by atoms with Crippen LogP contribution in [0.3, 0.4) is 0 Å². The molecule has 2 aromatic rings. The van der Waals surface area contributed by atoms with E-state index in [1.165, 1.54) is 22.3 Å². The first-order valence-electron chi connectivity index (χ1n) is 6.97. The van der Waals surface area contributed by atoms with Crippen LogP contribution >= 0.6 is 0 Å². The van der Waals surface area contributed by atoms with Gasteiger partial charge in [-0.15, -0.1) is 0 Å². The first-order valence-corrected chi connectivity index (χ1v) is 6.97. The average molecular weight is 269 g/mol. The molecule has 1 atom stereocenters. The lowest BCUT2D eigenvalue weighted by atomic mass is 9.92. The summed E-state index contributed by atoms with van der Waals surface area (Å²) in [7, 11) is 1.67. The smallest absolute Gasteiger partial charge is 0.118 e. The second-order valence-corrected chi connectivity index (χ2v) is 5.46. The molecule has 0 saturated carbocycles. The monoisotopic (exact) mass is 269 g/mol. The highest BCUT2D eigenvalue weighted by Crippen LogP contribution is 2.24. The van der Waals surface area contributed by atoms with Gasteiger partial charge in [0.2, 0.25) is 0 Å². The van der Waals surface area contributed by atoms with Crippen molar-refractivity contribution in [3.8, 4) is 5.75 Å². The van der Waals surface area contributed by atoms with E-state index in [1.54, 1.807) is 7.11 Å². The highest BCUT2D eigenvalue weighted by molar-refractivity contribution is 5.39. The van der Waals surface area contributed by atoms with Gasteiger partial charge in [0.15, 0.2) is 0 Å². The molecule has 2 heteroatoms. The number of ether oxygens (including phenoxy) is 1. The lowest BCUT2D eigenvalue weighted by Gasteiger charge is -2.17. The first kappa shape index (κ1) is 14.6. The Morgan fingerprint density at radius 1 is 1.00 bits per heavy atom. The molecule has 0 bridgehead atoms. The van der Waals surface area contributed by atoms with Gasteiger partial charge in [0, 0.05) is 6.04 Å². The molecule has 0 amide bonds. The Kier molecular flexibility index (Phi) is 4.46. The van der Waals surface area contributed by atoms with E-state index in [0.29, 0.717) is 0 Å². The van der Waals surface area contributed by atoms with Crippen molar-refractivity contribution >= 4 is 0 Å². The summed E-state index contributed by atoms with van der Waals surface area (Å²) in [5.74, 6) is 0.864. The number of benzene rings is 2. The van der Waals surface area contributed by atoms with E-state index in [1.807, 2.05) is 24.3 Å². The lowest BCUT2D eigenvalue weighted by molar-refractivity contribution is 0.414. The Hall–Kier alpha value is -1.80. The van der Waals surface area contributed by atoms with Gasteiger partial charge in [-0.25, -0.2) is 0 Å². The van der Waals surface area contributed by atoms with Gasteiger partial charge < -0.3 is 10.5 Å². The predicted octanol–water partition coefficient (Wildman–Crippen LogP) is 3.86. The summed E-state index contributed by atoms with van der Waals surface area (Å²) >= 11 is 0. The van der Waals surface area contributed by atoms with Crippen LogP contribution < -0.4 is 10.5 Å². The minimum atomic E-state index is 0.0148. The maximum atomic E-state index is 6.35. The molecule has 2 nitrogen and oxygen atoms in total. The molecular weight excluding hydrogens is 246 g/mol. The number of methoxy groups -OCH3 is 1. The highest BCUT2D eigenvalue weighted by Gasteiger charge is 2.11. The molecular formula is C18H23NO. The molecule has 0 fully saturated rings. The van der Waals surface area contributed by atoms with Crippen LogP contribution in [-0.4, -0.2) is 7.11 Å². The minimum Gasteiger partial charge on any atom is -0.497 e. The van der Waals surface area contributed by atoms with E-state index in [0.717, 1.165) is 17.7 Å². The van der Waals surface area contributed by atoms with Crippen molar-refractivity contribution in [3.63, 3.8) is 0 Å². The topological polar surface area (TPSA) is 35.2 Å². The summed E-state index contributed by atoms with van der Waals surface area (Å²) in [6.07, 6.45) is 0.865. The molecule has 2 aromatic carbocycles. The number of aryl methyl sites for hydroxylation is 3. The highest BCUT2D eigenvalue weighted by atomic mass is 16.5. The van der Waals surface area contributed by atoms with Gasteiger partial charge in [-0.05, 0) is 61.6 Å². The van der Waals surface area contributed by atoms with Crippen LogP contribution in [0.25, 0.3) is 0 Å². The molecule has 20 heavy (non-hydrogen) atoms. The number of nitrogens with two attached hydrogens (primary N) is 1. The van der Waals surface area contributed by atoms with E-state index in [-0.39, 0.29) is 6.04 Å². The summed E-state index contributed by atoms with van der Waals surface area (Å²) in [6.45, 7) is 6.46. The van der Waals surface area contributed by atoms with Crippen molar-refractivity contribution in [2.45, 2.75) is 33.2 Å². The van der Waals surface area contributed by atoms with Gasteiger partial charge in [0.25, 0.3) is 0 Å². The maximum absolute atomic E-state index is 6.35. The molecule has 0 saturated heterocycles. The lowest BCUT2D eigenvalue weighted by Crippen LogP contribution is -2.14. The minimum absolute atomic E-state index is 0.0148. The second-order valence-electron chi connectivity index (χ2n) is 5.46. The summed E-state index contributed by atoms with van der Waals surface area (Å²) in [5, 5.41) is 0. The van der Waals surface area contributed by atoms with E-state index in [2.05, 4.69) is 32.9 Å². The average Bonchev–Trinajstić information content (AvgIpc) is 2.42. The Bertz CT molecular complexity index is 564. The fourth-order valence-corrected chi connectivity index (χ4v) is 2.72. The fraction of sp³-hybridized carbons (Fsp3) is 0.333. The van der Waals surface area contributed by atoms with Gasteiger partial charge in [-0.2, -0.15) is 0 Å². The standard InChI is InChI=1S/C18H23NO/c1-12-9-13(2)17(14(3)10-12)11-18(19)15-5-7-16(20-4)8-6-15/h5-10,18H,11,19H2,1-4H3. The van der Waals surface area contributed by atoms with E-state index in [4.69, 9.17) is 10.5 Å². The third-order valence-corrected chi connectivity index (χ3v) is 3.81. The first-order chi connectivity index (χ1) is 9.51. The zero-order chi connectivity index (χ0) is 14.7. The molecule has 0 heterocycles. The molecule has 2 N–H and O–H groups in total. The van der Waals surface area contributed by atoms with Gasteiger partial charge in [-0.1, -0.05) is 29.8 Å². The van der Waals surface area contributed by atoms with Crippen LogP contribution in [0.5, 0.6) is 5.75 Å². The SMILES string of the molecule is COc1ccc(C(N)Cc2c(C)cc(C)cc2C)cc1. The van der Waals surface area contributed by atoms with Crippen LogP contribution in [0.1, 0.15) is 33.9 Å². The zero-order valence-electron chi connectivity index (χ0n) is 12.7. The summed E-state index contributed by atoms with van der Waals surface area (Å²) in [5.41, 5.74) is 12.8. The molecule has 0 aromatic heterocycles. The zero-order valence-corrected chi connectivity index (χ0v) is 12.7. The van der Waals surface area contributed by atoms with E-state index >= 15 is 0 Å². The molecule has 1 unspecified atom stereocenters. The van der Waals surface area contributed by atoms with Crippen LogP contribution in [-0.2, 0) is 6.42 Å². The third kappa shape index (κ3) is 3.20. The van der Waals surface area contributed by atoms with Crippen molar-refractivity contribution in [1.82, 2.24) is 0 Å². The summed E-state index contributed by atoms with van der Waals surface area (Å²) in [4.78, 5) is 0. The van der Waals surface area contributed by atoms with Crippen LogP contribution in [0, 0.1) is 20.8 Å². The number of hydrogen-bond acceptors (Lipinski definition) is 2. The van der Waals surface area contributed by atoms with Crippen molar-refractivity contribution in [2.75, 3.05) is 7.11 Å². The van der Waals surface area contributed by atoms with Crippen LogP contribution in [0.15, 0.2) is 36.4 Å². The normalized spacial score (nSPS) is 12.2. The molecule has 2 rings (SSSR count). The Morgan fingerprint density at radius 2 is 1.55 bits per heavy atom. The fourth-order valence-electron chi connectivity index (χ4n) is 2.72. The van der Waals surface area contributed by atoms with Crippen molar-refractivity contribution in [1.29, 1.82) is 0 Å². The molecule has 0 aliphatic rings. The Balaban J connectivity index is 2.20. The van der Waals surface area contributed by atoms with E-state index in [9.17, 15) is 0 Å². The maximum Gasteiger partial charge on any atom is 0.118 e. The van der Waals surface area contributed by atoms with E-state index < -0.39 is 0 Å². The van der Waals surface area contributed by atoms with Crippen molar-refractivity contribution in [2.24, 2.45) is 5.73 Å². The van der Waals surface area contributed by atoms with Crippen molar-refractivity contribution < 1.29 is 4.74 Å². The van der Waals surface area contributed by atoms with Gasteiger partial charge in [-0.3, -0.25) is 0 Å². The molecule has 106 valence electrons. The number of hydrogen-bond donors (Lipinski definition) is 1. The Morgan fingerprint density at radius 3 is 2.05 bits per heavy atom. The van der Waals surface area contributed by atoms with Crippen LogP contribution in [0.2, 0.25) is 0 Å². The molecule has 0 aliphatic heterocycles. The second kappa shape index (κ2) is 6.10. The van der Waals surface area contributed by atoms with Gasteiger partial charge in [0.1, 0.15) is 5.75 Å². The Labute approximate surface area is 121 Å². The van der Waals surface area contributed by atoms with Crippen molar-refractivity contribution in [3.05, 3.63) is 64.2 Å². The predicted molar refractivity (Wildman–Crippen MR) is 84.3 cm³/mol. The molecule has 0 radical (unpaired) electrons. The van der Waals surface area contributed by atoms with Gasteiger partial charge in [0.05, 0.1) is 7.11 Å². The largest absolute Gasteiger partial charge is 0.497 e. The van der Waals surface area contributed by atoms with Gasteiger partial charge >= 0.3 is 0 Å². The quantitative estimate of drug-likeness (QED) is 0.914. The molecule has 0 spiro atoms. The number of rotatable bonds is 4. The molecule has 0 aliphatic carbocycles. The van der Waals surface area contributed by atoms with Crippen LogP contribution in [0.4, 0.5) is 0 Å². The third-order valence-electron chi connectivity index (χ3n) is 3.81.